The van der Waals surface area contributed by atoms with Gasteiger partial charge < -0.3 is 10.2 Å². The van der Waals surface area contributed by atoms with Crippen molar-refractivity contribution in [2.45, 2.75) is 0 Å². The van der Waals surface area contributed by atoms with E-state index in [9.17, 15) is 9.18 Å². The summed E-state index contributed by atoms with van der Waals surface area (Å²) in [6.45, 7) is 5.46. The Labute approximate surface area is 112 Å². The van der Waals surface area contributed by atoms with E-state index in [1.165, 1.54) is 12.3 Å². The molecule has 0 radical (unpaired) electrons. The minimum Gasteiger partial charge on any atom is -0.340 e. The summed E-state index contributed by atoms with van der Waals surface area (Å²) in [7, 11) is 1.73. The maximum atomic E-state index is 13.0. The Morgan fingerprint density at radius 1 is 1.47 bits per heavy atom. The molecular formula is C13H19FN4O. The number of rotatable bonds is 4. The van der Waals surface area contributed by atoms with Crippen molar-refractivity contribution in [1.29, 1.82) is 0 Å². The van der Waals surface area contributed by atoms with Crippen molar-refractivity contribution >= 4 is 5.91 Å². The van der Waals surface area contributed by atoms with E-state index in [4.69, 9.17) is 0 Å². The molecule has 104 valence electrons. The molecule has 1 amide bonds. The van der Waals surface area contributed by atoms with Crippen molar-refractivity contribution in [3.05, 3.63) is 29.8 Å². The van der Waals surface area contributed by atoms with Gasteiger partial charge in [-0.25, -0.2) is 4.39 Å². The second-order valence-electron chi connectivity index (χ2n) is 4.71. The van der Waals surface area contributed by atoms with Gasteiger partial charge in [-0.1, -0.05) is 0 Å². The number of pyridine rings is 1. The van der Waals surface area contributed by atoms with Gasteiger partial charge in [-0.05, 0) is 6.07 Å². The standard InChI is InChI=1S/C13H19FN4O/c1-17(6-7-18-4-2-15-3-5-18)13(19)11-8-12(14)10-16-9-11/h8-10,15H,2-7H2,1H3. The minimum absolute atomic E-state index is 0.192. The molecule has 0 saturated carbocycles. The average Bonchev–Trinajstić information content (AvgIpc) is 2.45. The topological polar surface area (TPSA) is 48.5 Å². The van der Waals surface area contributed by atoms with Crippen LogP contribution in [0, 0.1) is 5.82 Å². The highest BCUT2D eigenvalue weighted by molar-refractivity contribution is 5.93. The van der Waals surface area contributed by atoms with Crippen LogP contribution in [0.3, 0.4) is 0 Å². The van der Waals surface area contributed by atoms with Gasteiger partial charge in [0.25, 0.3) is 5.91 Å². The van der Waals surface area contributed by atoms with E-state index in [1.807, 2.05) is 0 Å². The third-order valence-corrected chi connectivity index (χ3v) is 3.26. The lowest BCUT2D eigenvalue weighted by Gasteiger charge is -2.29. The van der Waals surface area contributed by atoms with Crippen molar-refractivity contribution < 1.29 is 9.18 Å². The highest BCUT2D eigenvalue weighted by Crippen LogP contribution is 2.04. The number of piperazine rings is 1. The van der Waals surface area contributed by atoms with Crippen LogP contribution in [0.2, 0.25) is 0 Å². The lowest BCUT2D eigenvalue weighted by molar-refractivity contribution is 0.0774. The van der Waals surface area contributed by atoms with Crippen LogP contribution < -0.4 is 5.32 Å². The van der Waals surface area contributed by atoms with Gasteiger partial charge in [0.1, 0.15) is 5.82 Å². The number of likely N-dealkylation sites (N-methyl/N-ethyl adjacent to an activating group) is 1. The minimum atomic E-state index is -0.485. The Bertz CT molecular complexity index is 434. The van der Waals surface area contributed by atoms with Crippen LogP contribution >= 0.6 is 0 Å². The fraction of sp³-hybridized carbons (Fsp3) is 0.538. The first-order valence-corrected chi connectivity index (χ1v) is 6.46. The third kappa shape index (κ3) is 3.97. The molecular weight excluding hydrogens is 247 g/mol. The molecule has 1 aliphatic rings. The number of carbonyl (C=O) groups excluding carboxylic acids is 1. The smallest absolute Gasteiger partial charge is 0.255 e. The average molecular weight is 266 g/mol. The zero-order valence-corrected chi connectivity index (χ0v) is 11.1. The van der Waals surface area contributed by atoms with Gasteiger partial charge in [-0.15, -0.1) is 0 Å². The molecule has 1 aromatic rings. The lowest BCUT2D eigenvalue weighted by atomic mass is 10.2. The van der Waals surface area contributed by atoms with Crippen molar-refractivity contribution in [3.8, 4) is 0 Å². The van der Waals surface area contributed by atoms with Crippen LogP contribution in [0.15, 0.2) is 18.5 Å². The molecule has 0 aliphatic carbocycles. The molecule has 1 N–H and O–H groups in total. The number of nitrogens with zero attached hydrogens (tertiary/aromatic N) is 3. The molecule has 0 atom stereocenters. The quantitative estimate of drug-likeness (QED) is 0.845. The first kappa shape index (κ1) is 13.9. The number of hydrogen-bond donors (Lipinski definition) is 1. The zero-order chi connectivity index (χ0) is 13.7. The van der Waals surface area contributed by atoms with Crippen LogP contribution in [0.4, 0.5) is 4.39 Å². The van der Waals surface area contributed by atoms with Gasteiger partial charge in [0.05, 0.1) is 11.8 Å². The van der Waals surface area contributed by atoms with E-state index in [1.54, 1.807) is 11.9 Å². The van der Waals surface area contributed by atoms with E-state index < -0.39 is 5.82 Å². The Morgan fingerprint density at radius 3 is 2.89 bits per heavy atom. The third-order valence-electron chi connectivity index (χ3n) is 3.26. The Morgan fingerprint density at radius 2 is 2.21 bits per heavy atom. The summed E-state index contributed by atoms with van der Waals surface area (Å²) < 4.78 is 13.0. The molecule has 1 aliphatic heterocycles. The normalized spacial score (nSPS) is 16.3. The Kier molecular flexibility index (Phi) is 4.81. The monoisotopic (exact) mass is 266 g/mol. The maximum Gasteiger partial charge on any atom is 0.255 e. The SMILES string of the molecule is CN(CCN1CCNCC1)C(=O)c1cncc(F)c1. The molecule has 19 heavy (non-hydrogen) atoms. The fourth-order valence-corrected chi connectivity index (χ4v) is 2.08. The summed E-state index contributed by atoms with van der Waals surface area (Å²) in [5.41, 5.74) is 0.294. The molecule has 1 saturated heterocycles. The summed E-state index contributed by atoms with van der Waals surface area (Å²) in [6, 6.07) is 1.22. The number of carbonyl (C=O) groups is 1. The van der Waals surface area contributed by atoms with Gasteiger partial charge in [-0.3, -0.25) is 14.7 Å². The summed E-state index contributed by atoms with van der Waals surface area (Å²) in [5.74, 6) is -0.677. The second kappa shape index (κ2) is 6.58. The molecule has 6 heteroatoms. The molecule has 0 bridgehead atoms. The van der Waals surface area contributed by atoms with Crippen molar-refractivity contribution in [2.75, 3.05) is 46.3 Å². The zero-order valence-electron chi connectivity index (χ0n) is 11.1. The van der Waals surface area contributed by atoms with E-state index in [0.717, 1.165) is 38.9 Å². The van der Waals surface area contributed by atoms with E-state index in [0.29, 0.717) is 12.1 Å². The van der Waals surface area contributed by atoms with Gasteiger partial charge in [0.2, 0.25) is 0 Å². The van der Waals surface area contributed by atoms with Crippen LogP contribution in [0.25, 0.3) is 0 Å². The highest BCUT2D eigenvalue weighted by Gasteiger charge is 2.15. The number of halogens is 1. The first-order valence-electron chi connectivity index (χ1n) is 6.46. The number of aromatic nitrogens is 1. The molecule has 0 aromatic carbocycles. The maximum absolute atomic E-state index is 13.0. The van der Waals surface area contributed by atoms with Crippen molar-refractivity contribution in [3.63, 3.8) is 0 Å². The van der Waals surface area contributed by atoms with E-state index in [2.05, 4.69) is 15.2 Å². The van der Waals surface area contributed by atoms with Crippen LogP contribution in [0.5, 0.6) is 0 Å². The Balaban J connectivity index is 1.85. The Hall–Kier alpha value is -1.53. The summed E-state index contributed by atoms with van der Waals surface area (Å²) in [4.78, 5) is 19.7. The lowest BCUT2D eigenvalue weighted by Crippen LogP contribution is -2.46. The summed E-state index contributed by atoms with van der Waals surface area (Å²) >= 11 is 0. The van der Waals surface area contributed by atoms with Crippen LogP contribution in [-0.4, -0.2) is 67.0 Å². The molecule has 0 unspecified atom stereocenters. The summed E-state index contributed by atoms with van der Waals surface area (Å²) in [5, 5.41) is 3.29. The van der Waals surface area contributed by atoms with Crippen molar-refractivity contribution in [2.24, 2.45) is 0 Å². The highest BCUT2D eigenvalue weighted by atomic mass is 19.1. The fourth-order valence-electron chi connectivity index (χ4n) is 2.08. The van der Waals surface area contributed by atoms with E-state index >= 15 is 0 Å². The van der Waals surface area contributed by atoms with Gasteiger partial charge in [0.15, 0.2) is 0 Å². The van der Waals surface area contributed by atoms with Gasteiger partial charge in [0, 0.05) is 52.5 Å². The predicted octanol–water partition coefficient (Wildman–Crippen LogP) is 0.198. The van der Waals surface area contributed by atoms with Gasteiger partial charge >= 0.3 is 0 Å². The number of amides is 1. The van der Waals surface area contributed by atoms with Crippen LogP contribution in [-0.2, 0) is 0 Å². The summed E-state index contributed by atoms with van der Waals surface area (Å²) in [6.07, 6.45) is 2.49. The first-order chi connectivity index (χ1) is 9.16. The van der Waals surface area contributed by atoms with Gasteiger partial charge in [-0.2, -0.15) is 0 Å². The predicted molar refractivity (Wildman–Crippen MR) is 70.5 cm³/mol. The molecule has 2 heterocycles. The molecule has 1 aromatic heterocycles. The number of hydrogen-bond acceptors (Lipinski definition) is 4. The van der Waals surface area contributed by atoms with E-state index in [-0.39, 0.29) is 5.91 Å². The molecule has 0 spiro atoms. The van der Waals surface area contributed by atoms with Crippen molar-refractivity contribution in [1.82, 2.24) is 20.1 Å². The molecule has 1 fully saturated rings. The van der Waals surface area contributed by atoms with Crippen LogP contribution in [0.1, 0.15) is 10.4 Å². The second-order valence-corrected chi connectivity index (χ2v) is 4.71. The molecule has 2 rings (SSSR count). The largest absolute Gasteiger partial charge is 0.340 e. The number of nitrogens with one attached hydrogen (secondary N) is 1. The molecule has 5 nitrogen and oxygen atoms in total.